The zero-order valence-corrected chi connectivity index (χ0v) is 14.8. The number of benzene rings is 1. The van der Waals surface area contributed by atoms with E-state index in [4.69, 9.17) is 39.5 Å². The first-order chi connectivity index (χ1) is 12.0. The van der Waals surface area contributed by atoms with Gasteiger partial charge in [-0.25, -0.2) is 4.98 Å². The molecule has 2 aromatic heterocycles. The molecule has 0 unspecified atom stereocenters. The van der Waals surface area contributed by atoms with Crippen LogP contribution in [-0.2, 0) is 0 Å². The lowest BCUT2D eigenvalue weighted by molar-refractivity contribution is 0.102. The van der Waals surface area contributed by atoms with E-state index in [9.17, 15) is 4.79 Å². The van der Waals surface area contributed by atoms with E-state index >= 15 is 0 Å². The summed E-state index contributed by atoms with van der Waals surface area (Å²) in [6.45, 7) is 0. The number of halogens is 3. The van der Waals surface area contributed by atoms with Crippen molar-refractivity contribution < 1.29 is 9.53 Å². The average molecular weight is 395 g/mol. The minimum atomic E-state index is -0.397. The van der Waals surface area contributed by atoms with E-state index in [1.165, 1.54) is 18.5 Å². The fourth-order valence-electron chi connectivity index (χ4n) is 1.92. The topological polar surface area (TPSA) is 64.1 Å². The number of ether oxygens (including phenoxy) is 1. The van der Waals surface area contributed by atoms with Crippen LogP contribution >= 0.6 is 34.8 Å². The summed E-state index contributed by atoms with van der Waals surface area (Å²) in [4.78, 5) is 20.2. The number of hydrogen-bond donors (Lipinski definition) is 1. The zero-order chi connectivity index (χ0) is 17.8. The van der Waals surface area contributed by atoms with Crippen LogP contribution in [0.1, 0.15) is 10.5 Å². The second-order valence-corrected chi connectivity index (χ2v) is 6.16. The third-order valence-electron chi connectivity index (χ3n) is 3.06. The van der Waals surface area contributed by atoms with Gasteiger partial charge in [-0.05, 0) is 36.4 Å². The number of hydrogen-bond acceptors (Lipinski definition) is 4. The predicted octanol–water partition coefficient (Wildman–Crippen LogP) is 5.48. The lowest BCUT2D eigenvalue weighted by atomic mass is 10.2. The summed E-state index contributed by atoms with van der Waals surface area (Å²) in [6, 6.07) is 11.2. The Labute approximate surface area is 158 Å². The maximum Gasteiger partial charge on any atom is 0.274 e. The van der Waals surface area contributed by atoms with Crippen molar-refractivity contribution in [3.63, 3.8) is 0 Å². The van der Waals surface area contributed by atoms with Crippen molar-refractivity contribution in [2.75, 3.05) is 5.32 Å². The van der Waals surface area contributed by atoms with E-state index in [-0.39, 0.29) is 5.69 Å². The van der Waals surface area contributed by atoms with Crippen LogP contribution < -0.4 is 10.1 Å². The van der Waals surface area contributed by atoms with Crippen molar-refractivity contribution in [1.29, 1.82) is 0 Å². The number of pyridine rings is 2. The molecule has 0 saturated heterocycles. The van der Waals surface area contributed by atoms with Gasteiger partial charge in [-0.15, -0.1) is 0 Å². The second-order valence-electron chi connectivity index (χ2n) is 4.88. The molecule has 126 valence electrons. The lowest BCUT2D eigenvalue weighted by Gasteiger charge is -2.09. The Balaban J connectivity index is 1.73. The Hall–Kier alpha value is -2.34. The number of nitrogens with one attached hydrogen (secondary N) is 1. The monoisotopic (exact) mass is 393 g/mol. The normalized spacial score (nSPS) is 10.4. The Morgan fingerprint density at radius 3 is 2.48 bits per heavy atom. The van der Waals surface area contributed by atoms with Crippen molar-refractivity contribution in [1.82, 2.24) is 9.97 Å². The van der Waals surface area contributed by atoms with Crippen molar-refractivity contribution in [3.05, 3.63) is 75.6 Å². The van der Waals surface area contributed by atoms with E-state index in [2.05, 4.69) is 15.3 Å². The molecule has 5 nitrogen and oxygen atoms in total. The van der Waals surface area contributed by atoms with Gasteiger partial charge in [0.05, 0.1) is 10.0 Å². The molecule has 0 aliphatic rings. The third kappa shape index (κ3) is 4.60. The van der Waals surface area contributed by atoms with Crippen LogP contribution in [-0.4, -0.2) is 15.9 Å². The third-order valence-corrected chi connectivity index (χ3v) is 3.81. The predicted molar refractivity (Wildman–Crippen MR) is 98.0 cm³/mol. The molecule has 3 aromatic rings. The van der Waals surface area contributed by atoms with Gasteiger partial charge in [-0.2, -0.15) is 0 Å². The maximum absolute atomic E-state index is 12.2. The molecule has 0 radical (unpaired) electrons. The van der Waals surface area contributed by atoms with Crippen molar-refractivity contribution in [2.24, 2.45) is 0 Å². The van der Waals surface area contributed by atoms with E-state index in [1.54, 1.807) is 36.4 Å². The van der Waals surface area contributed by atoms with Gasteiger partial charge < -0.3 is 10.1 Å². The van der Waals surface area contributed by atoms with E-state index < -0.39 is 5.91 Å². The minimum absolute atomic E-state index is 0.203. The molecule has 0 spiro atoms. The highest BCUT2D eigenvalue weighted by molar-refractivity contribution is 6.32. The first-order valence-corrected chi connectivity index (χ1v) is 8.16. The van der Waals surface area contributed by atoms with Crippen LogP contribution in [0.4, 0.5) is 5.69 Å². The number of amides is 1. The highest BCUT2D eigenvalue weighted by atomic mass is 35.5. The first-order valence-electron chi connectivity index (χ1n) is 7.03. The van der Waals surface area contributed by atoms with E-state index in [1.807, 2.05) is 0 Å². The number of nitrogens with zero attached hydrogens (tertiary/aromatic N) is 2. The molecule has 0 aliphatic heterocycles. The summed E-state index contributed by atoms with van der Waals surface area (Å²) in [7, 11) is 0. The Kier molecular flexibility index (Phi) is 5.38. The second kappa shape index (κ2) is 7.70. The summed E-state index contributed by atoms with van der Waals surface area (Å²) < 4.78 is 5.58. The molecule has 0 atom stereocenters. The van der Waals surface area contributed by atoms with Crippen LogP contribution in [0.3, 0.4) is 0 Å². The summed E-state index contributed by atoms with van der Waals surface area (Å²) in [5.41, 5.74) is 0.697. The van der Waals surface area contributed by atoms with Crippen LogP contribution in [0.15, 0.2) is 54.9 Å². The molecule has 25 heavy (non-hydrogen) atoms. The summed E-state index contributed by atoms with van der Waals surface area (Å²) in [6.07, 6.45) is 2.93. The first kappa shape index (κ1) is 17.5. The number of aromatic nitrogens is 2. The van der Waals surface area contributed by atoms with Crippen LogP contribution in [0, 0.1) is 0 Å². The SMILES string of the molecule is O=C(Nc1ccc(Oc2ccc(Cl)cn2)c(Cl)c1)c1cc(Cl)ccn1. The number of rotatable bonds is 4. The molecule has 1 N–H and O–H groups in total. The summed E-state index contributed by atoms with van der Waals surface area (Å²) in [5, 5.41) is 3.94. The Morgan fingerprint density at radius 2 is 1.80 bits per heavy atom. The minimum Gasteiger partial charge on any atom is -0.437 e. The summed E-state index contributed by atoms with van der Waals surface area (Å²) in [5.74, 6) is 0.355. The molecule has 1 amide bonds. The Morgan fingerprint density at radius 1 is 0.960 bits per heavy atom. The lowest BCUT2D eigenvalue weighted by Crippen LogP contribution is -2.13. The van der Waals surface area contributed by atoms with Gasteiger partial charge in [0.25, 0.3) is 5.91 Å². The highest BCUT2D eigenvalue weighted by Crippen LogP contribution is 2.31. The van der Waals surface area contributed by atoms with E-state index in [0.717, 1.165) is 0 Å². The van der Waals surface area contributed by atoms with Gasteiger partial charge in [0.15, 0.2) is 0 Å². The molecule has 0 fully saturated rings. The largest absolute Gasteiger partial charge is 0.437 e. The standard InChI is InChI=1S/C17H10Cl3N3O2/c18-10-5-6-21-14(7-10)17(24)23-12-2-3-15(13(20)8-12)25-16-4-1-11(19)9-22-16/h1-9H,(H,23,24). The zero-order valence-electron chi connectivity index (χ0n) is 12.5. The van der Waals surface area contributed by atoms with Gasteiger partial charge in [-0.3, -0.25) is 9.78 Å². The Bertz CT molecular complexity index is 917. The number of carbonyl (C=O) groups excluding carboxylic acids is 1. The van der Waals surface area contributed by atoms with Gasteiger partial charge >= 0.3 is 0 Å². The fourth-order valence-corrected chi connectivity index (χ4v) is 2.41. The van der Waals surface area contributed by atoms with Crippen LogP contribution in [0.5, 0.6) is 11.6 Å². The van der Waals surface area contributed by atoms with Crippen molar-refractivity contribution >= 4 is 46.4 Å². The molecule has 0 bridgehead atoms. The molecular formula is C17H10Cl3N3O2. The number of carbonyl (C=O) groups is 1. The maximum atomic E-state index is 12.2. The van der Waals surface area contributed by atoms with Gasteiger partial charge in [0, 0.05) is 29.2 Å². The van der Waals surface area contributed by atoms with Crippen molar-refractivity contribution in [2.45, 2.75) is 0 Å². The van der Waals surface area contributed by atoms with Crippen LogP contribution in [0.2, 0.25) is 15.1 Å². The molecule has 3 rings (SSSR count). The summed E-state index contributed by atoms with van der Waals surface area (Å²) >= 11 is 17.8. The highest BCUT2D eigenvalue weighted by Gasteiger charge is 2.11. The van der Waals surface area contributed by atoms with Gasteiger partial charge in [0.2, 0.25) is 5.88 Å². The fraction of sp³-hybridized carbons (Fsp3) is 0. The average Bonchev–Trinajstić information content (AvgIpc) is 2.59. The number of anilines is 1. The molecular weight excluding hydrogens is 385 g/mol. The molecule has 2 heterocycles. The van der Waals surface area contributed by atoms with Crippen molar-refractivity contribution in [3.8, 4) is 11.6 Å². The van der Waals surface area contributed by atoms with Gasteiger partial charge in [-0.1, -0.05) is 34.8 Å². The molecule has 8 heteroatoms. The van der Waals surface area contributed by atoms with E-state index in [0.29, 0.717) is 32.4 Å². The molecule has 0 aliphatic carbocycles. The quantitative estimate of drug-likeness (QED) is 0.636. The molecule has 0 saturated carbocycles. The smallest absolute Gasteiger partial charge is 0.274 e. The molecule has 1 aromatic carbocycles. The van der Waals surface area contributed by atoms with Gasteiger partial charge in [0.1, 0.15) is 11.4 Å². The van der Waals surface area contributed by atoms with Crippen LogP contribution in [0.25, 0.3) is 0 Å².